The Kier molecular flexibility index (Phi) is 6.71. The Morgan fingerprint density at radius 3 is 2.44 bits per heavy atom. The molecule has 0 aliphatic carbocycles. The van der Waals surface area contributed by atoms with Crippen LogP contribution in [0.5, 0.6) is 11.5 Å². The highest BCUT2D eigenvalue weighted by molar-refractivity contribution is 5.83. The van der Waals surface area contributed by atoms with E-state index < -0.39 is 0 Å². The van der Waals surface area contributed by atoms with Crippen LogP contribution in [-0.4, -0.2) is 70.9 Å². The van der Waals surface area contributed by atoms with Crippen molar-refractivity contribution in [1.29, 1.82) is 0 Å². The van der Waals surface area contributed by atoms with Crippen molar-refractivity contribution < 1.29 is 9.47 Å². The van der Waals surface area contributed by atoms with Gasteiger partial charge >= 0.3 is 0 Å². The summed E-state index contributed by atoms with van der Waals surface area (Å²) in [6.45, 7) is 5.71. The average molecular weight is 486 g/mol. The van der Waals surface area contributed by atoms with Gasteiger partial charge in [0, 0.05) is 68.0 Å². The largest absolute Gasteiger partial charge is 0.497 e. The number of aromatic nitrogens is 4. The third kappa shape index (κ3) is 4.95. The second kappa shape index (κ2) is 10.2. The van der Waals surface area contributed by atoms with E-state index in [0.29, 0.717) is 0 Å². The summed E-state index contributed by atoms with van der Waals surface area (Å²) < 4.78 is 12.9. The first kappa shape index (κ1) is 23.6. The molecule has 9 nitrogen and oxygen atoms in total. The molecule has 0 radical (unpaired) electrons. The minimum absolute atomic E-state index is 0.747. The van der Waals surface area contributed by atoms with Crippen molar-refractivity contribution in [3.05, 3.63) is 55.0 Å². The fraction of sp³-hybridized carbons (Fsp3) is 0.333. The molecule has 3 heterocycles. The maximum atomic E-state index is 5.56. The van der Waals surface area contributed by atoms with Crippen molar-refractivity contribution in [2.24, 2.45) is 12.0 Å². The lowest BCUT2D eigenvalue weighted by Crippen LogP contribution is -2.29. The molecule has 186 valence electrons. The van der Waals surface area contributed by atoms with Crippen LogP contribution >= 0.6 is 0 Å². The zero-order chi connectivity index (χ0) is 25.1. The quantitative estimate of drug-likeness (QED) is 0.349. The van der Waals surface area contributed by atoms with Crippen molar-refractivity contribution >= 4 is 28.2 Å². The van der Waals surface area contributed by atoms with Gasteiger partial charge in [0.2, 0.25) is 0 Å². The minimum atomic E-state index is 0.747. The molecular formula is C27H31N7O2. The van der Waals surface area contributed by atoms with E-state index in [2.05, 4.69) is 43.9 Å². The zero-order valence-corrected chi connectivity index (χ0v) is 21.2. The van der Waals surface area contributed by atoms with Crippen molar-refractivity contribution in [2.45, 2.75) is 13.3 Å². The molecule has 36 heavy (non-hydrogen) atoms. The molecule has 2 aromatic carbocycles. The van der Waals surface area contributed by atoms with E-state index in [0.717, 1.165) is 83.6 Å². The number of fused-ring (bicyclic) bond motifs is 1. The van der Waals surface area contributed by atoms with E-state index in [1.54, 1.807) is 31.3 Å². The first-order valence-corrected chi connectivity index (χ1v) is 12.1. The molecule has 0 amide bonds. The number of ether oxygens (including phenoxy) is 2. The van der Waals surface area contributed by atoms with Crippen LogP contribution in [0.3, 0.4) is 0 Å². The number of rotatable bonds is 9. The van der Waals surface area contributed by atoms with Crippen LogP contribution in [0.2, 0.25) is 0 Å². The number of nitrogens with zero attached hydrogens (tertiary/aromatic N) is 7. The van der Waals surface area contributed by atoms with Gasteiger partial charge in [0.15, 0.2) is 0 Å². The number of hydrogen-bond acceptors (Lipinski definition) is 8. The third-order valence-electron chi connectivity index (χ3n) is 6.46. The van der Waals surface area contributed by atoms with E-state index in [1.807, 2.05) is 37.5 Å². The van der Waals surface area contributed by atoms with Gasteiger partial charge in [-0.15, -0.1) is 0 Å². The molecule has 4 aromatic rings. The van der Waals surface area contributed by atoms with Crippen LogP contribution < -0.4 is 14.4 Å². The predicted octanol–water partition coefficient (Wildman–Crippen LogP) is 4.31. The Labute approximate surface area is 211 Å². The average Bonchev–Trinajstić information content (AvgIpc) is 3.53. The normalized spacial score (nSPS) is 13.2. The van der Waals surface area contributed by atoms with Gasteiger partial charge in [0.05, 0.1) is 55.7 Å². The van der Waals surface area contributed by atoms with E-state index in [9.17, 15) is 0 Å². The van der Waals surface area contributed by atoms with Crippen LogP contribution in [0.15, 0.2) is 60.0 Å². The van der Waals surface area contributed by atoms with Gasteiger partial charge in [0.25, 0.3) is 0 Å². The topological polar surface area (TPSA) is 80.9 Å². The summed E-state index contributed by atoms with van der Waals surface area (Å²) in [6, 6.07) is 12.2. The molecule has 0 bridgehead atoms. The Balaban J connectivity index is 1.50. The number of methoxy groups -OCH3 is 2. The maximum Gasteiger partial charge on any atom is 0.124 e. The number of benzene rings is 2. The van der Waals surface area contributed by atoms with Crippen LogP contribution in [0.25, 0.3) is 22.3 Å². The van der Waals surface area contributed by atoms with Gasteiger partial charge in [-0.05, 0) is 31.5 Å². The summed E-state index contributed by atoms with van der Waals surface area (Å²) >= 11 is 0. The van der Waals surface area contributed by atoms with Crippen LogP contribution in [0, 0.1) is 0 Å². The molecule has 1 aliphatic rings. The summed E-state index contributed by atoms with van der Waals surface area (Å²) in [6.07, 6.45) is 6.51. The fourth-order valence-electron chi connectivity index (χ4n) is 4.50. The molecule has 0 unspecified atom stereocenters. The number of aryl methyl sites for hydroxylation is 1. The summed E-state index contributed by atoms with van der Waals surface area (Å²) in [7, 11) is 5.24. The minimum Gasteiger partial charge on any atom is -0.497 e. The molecule has 0 saturated heterocycles. The molecule has 5 rings (SSSR count). The van der Waals surface area contributed by atoms with E-state index in [1.165, 1.54) is 0 Å². The van der Waals surface area contributed by atoms with Gasteiger partial charge in [-0.3, -0.25) is 14.7 Å². The number of anilines is 2. The van der Waals surface area contributed by atoms with E-state index >= 15 is 0 Å². The van der Waals surface area contributed by atoms with Crippen molar-refractivity contribution in [3.8, 4) is 22.8 Å². The van der Waals surface area contributed by atoms with Crippen molar-refractivity contribution in [1.82, 2.24) is 24.6 Å². The van der Waals surface area contributed by atoms with Gasteiger partial charge < -0.3 is 19.3 Å². The highest BCUT2D eigenvalue weighted by Gasteiger charge is 2.17. The summed E-state index contributed by atoms with van der Waals surface area (Å²) in [5.41, 5.74) is 5.44. The van der Waals surface area contributed by atoms with Crippen LogP contribution in [0.1, 0.15) is 13.3 Å². The number of aliphatic imine (C=N–C) groups is 1. The summed E-state index contributed by atoms with van der Waals surface area (Å²) in [4.78, 5) is 18.7. The Morgan fingerprint density at radius 1 is 0.972 bits per heavy atom. The predicted molar refractivity (Wildman–Crippen MR) is 142 cm³/mol. The van der Waals surface area contributed by atoms with Crippen LogP contribution in [-0.2, 0) is 7.05 Å². The first-order valence-electron chi connectivity index (χ1n) is 12.1. The van der Waals surface area contributed by atoms with E-state index in [-0.39, 0.29) is 0 Å². The Hall–Kier alpha value is -4.14. The second-order valence-electron chi connectivity index (χ2n) is 8.82. The summed E-state index contributed by atoms with van der Waals surface area (Å²) in [5, 5.41) is 4.27. The third-order valence-corrected chi connectivity index (χ3v) is 6.46. The summed E-state index contributed by atoms with van der Waals surface area (Å²) in [5.74, 6) is 2.61. The lowest BCUT2D eigenvalue weighted by molar-refractivity contribution is 0.394. The molecule has 0 saturated carbocycles. The highest BCUT2D eigenvalue weighted by atomic mass is 16.5. The molecule has 2 aromatic heterocycles. The van der Waals surface area contributed by atoms with Crippen LogP contribution in [0.4, 0.5) is 11.4 Å². The van der Waals surface area contributed by atoms with Gasteiger partial charge in [-0.1, -0.05) is 0 Å². The van der Waals surface area contributed by atoms with Gasteiger partial charge in [-0.25, -0.2) is 4.98 Å². The van der Waals surface area contributed by atoms with E-state index in [4.69, 9.17) is 14.5 Å². The molecular weight excluding hydrogens is 454 g/mol. The number of hydrogen-bond donors (Lipinski definition) is 0. The van der Waals surface area contributed by atoms with Gasteiger partial charge in [0.1, 0.15) is 11.5 Å². The fourth-order valence-corrected chi connectivity index (χ4v) is 4.50. The highest BCUT2D eigenvalue weighted by Crippen LogP contribution is 2.34. The maximum absolute atomic E-state index is 5.56. The molecule has 0 spiro atoms. The molecule has 1 aliphatic heterocycles. The first-order chi connectivity index (χ1) is 17.5. The molecule has 0 fully saturated rings. The molecule has 0 atom stereocenters. The lowest BCUT2D eigenvalue weighted by atomic mass is 10.1. The monoisotopic (exact) mass is 485 g/mol. The standard InChI is InChI=1S/C27H31N7O2/c1-19-28-8-11-33(19)9-5-10-34(22-12-23(35-3)15-24(13-22)36-4)21-6-7-25-26(14-21)31-27(17-29-25)20-16-30-32(2)18-20/h6-7,12-18H,5,8-11H2,1-4H3. The van der Waals surface area contributed by atoms with Gasteiger partial charge in [-0.2, -0.15) is 5.10 Å². The molecule has 9 heteroatoms. The van der Waals surface area contributed by atoms with Crippen molar-refractivity contribution in [3.63, 3.8) is 0 Å². The Bertz CT molecular complexity index is 1380. The Morgan fingerprint density at radius 2 is 1.78 bits per heavy atom. The molecule has 0 N–H and O–H groups in total. The zero-order valence-electron chi connectivity index (χ0n) is 21.2. The lowest BCUT2D eigenvalue weighted by Gasteiger charge is -2.27. The number of amidine groups is 1. The smallest absolute Gasteiger partial charge is 0.124 e. The van der Waals surface area contributed by atoms with Crippen molar-refractivity contribution in [2.75, 3.05) is 45.3 Å². The SMILES string of the molecule is COc1cc(OC)cc(N(CCCN2CCN=C2C)c2ccc3ncc(-c4cnn(C)c4)nc3c2)c1. The second-order valence-corrected chi connectivity index (χ2v) is 8.82.